The Morgan fingerprint density at radius 3 is 2.57 bits per heavy atom. The normalized spacial score (nSPS) is 13.9. The zero-order valence-corrected chi connectivity index (χ0v) is 19.9. The number of nitrogens with two attached hydrogens (primary N) is 2. The van der Waals surface area contributed by atoms with Crippen molar-refractivity contribution in [2.45, 2.75) is 25.8 Å². The van der Waals surface area contributed by atoms with Crippen LogP contribution in [0.1, 0.15) is 35.2 Å². The highest BCUT2D eigenvalue weighted by Gasteiger charge is 2.21. The van der Waals surface area contributed by atoms with E-state index in [2.05, 4.69) is 15.5 Å². The second-order valence-corrected chi connectivity index (χ2v) is 8.33. The lowest BCUT2D eigenvalue weighted by Gasteiger charge is -2.27. The molecular weight excluding hydrogens is 453 g/mol. The first kappa shape index (κ1) is 26.2. The summed E-state index contributed by atoms with van der Waals surface area (Å²) in [5, 5.41) is 6.47. The van der Waals surface area contributed by atoms with Gasteiger partial charge in [0.25, 0.3) is 5.91 Å². The summed E-state index contributed by atoms with van der Waals surface area (Å²) in [6, 6.07) is 7.65. The van der Waals surface area contributed by atoms with Gasteiger partial charge in [-0.1, -0.05) is 12.1 Å². The molecule has 2 aromatic rings. The molecule has 2 aromatic carbocycles. The molecular formula is C25H34FN5O4. The van der Waals surface area contributed by atoms with E-state index in [0.717, 1.165) is 51.1 Å². The molecule has 0 spiro atoms. The van der Waals surface area contributed by atoms with Crippen molar-refractivity contribution in [1.29, 1.82) is 0 Å². The predicted molar refractivity (Wildman–Crippen MR) is 134 cm³/mol. The van der Waals surface area contributed by atoms with Crippen LogP contribution in [0.2, 0.25) is 0 Å². The summed E-state index contributed by atoms with van der Waals surface area (Å²) in [4.78, 5) is 25.2. The predicted octanol–water partition coefficient (Wildman–Crippen LogP) is 2.61. The Hall–Kier alpha value is -3.37. The van der Waals surface area contributed by atoms with Gasteiger partial charge in [0.1, 0.15) is 17.8 Å². The highest BCUT2D eigenvalue weighted by atomic mass is 19.1. The molecule has 0 aromatic heterocycles. The Labute approximate surface area is 204 Å². The summed E-state index contributed by atoms with van der Waals surface area (Å²) >= 11 is 0. The van der Waals surface area contributed by atoms with Crippen molar-refractivity contribution in [2.24, 2.45) is 5.73 Å². The van der Waals surface area contributed by atoms with Crippen molar-refractivity contribution in [1.82, 2.24) is 4.90 Å². The number of benzene rings is 2. The third kappa shape index (κ3) is 7.83. The number of primary amides is 1. The van der Waals surface area contributed by atoms with Crippen LogP contribution < -0.4 is 26.8 Å². The Balaban J connectivity index is 1.82. The quantitative estimate of drug-likeness (QED) is 0.182. The summed E-state index contributed by atoms with van der Waals surface area (Å²) < 4.78 is 24.9. The van der Waals surface area contributed by atoms with Crippen LogP contribution in [-0.2, 0) is 16.1 Å². The molecule has 0 atom stereocenters. The number of halogens is 1. The Morgan fingerprint density at radius 2 is 1.89 bits per heavy atom. The lowest BCUT2D eigenvalue weighted by atomic mass is 10.1. The molecule has 35 heavy (non-hydrogen) atoms. The zero-order valence-electron chi connectivity index (χ0n) is 19.9. The fourth-order valence-corrected chi connectivity index (χ4v) is 3.85. The average Bonchev–Trinajstić information content (AvgIpc) is 2.86. The third-order valence-electron chi connectivity index (χ3n) is 5.73. The maximum absolute atomic E-state index is 13.3. The molecule has 10 heteroatoms. The molecule has 1 fully saturated rings. The minimum absolute atomic E-state index is 0.212. The molecule has 6 N–H and O–H groups in total. The number of nitrogen functional groups attached to an aromatic ring is 1. The van der Waals surface area contributed by atoms with Crippen LogP contribution >= 0.6 is 0 Å². The second kappa shape index (κ2) is 13.5. The minimum Gasteiger partial charge on any atom is -0.489 e. The number of aldehydes is 1. The molecule has 0 unspecified atom stereocenters. The molecule has 1 aliphatic heterocycles. The van der Waals surface area contributed by atoms with E-state index < -0.39 is 5.91 Å². The van der Waals surface area contributed by atoms with Gasteiger partial charge in [0.2, 0.25) is 0 Å². The number of carbonyl (C=O) groups is 2. The molecule has 3 rings (SSSR count). The summed E-state index contributed by atoms with van der Waals surface area (Å²) in [6.07, 6.45) is 2.58. The maximum Gasteiger partial charge on any atom is 0.251 e. The number of anilines is 3. The number of ether oxygens (including phenoxy) is 2. The monoisotopic (exact) mass is 487 g/mol. The van der Waals surface area contributed by atoms with Gasteiger partial charge >= 0.3 is 0 Å². The fourth-order valence-electron chi connectivity index (χ4n) is 3.85. The van der Waals surface area contributed by atoms with Crippen LogP contribution in [0.25, 0.3) is 0 Å². The van der Waals surface area contributed by atoms with E-state index in [9.17, 15) is 14.0 Å². The van der Waals surface area contributed by atoms with E-state index >= 15 is 0 Å². The van der Waals surface area contributed by atoms with Crippen LogP contribution in [0.3, 0.4) is 0 Å². The van der Waals surface area contributed by atoms with Crippen molar-refractivity contribution in [3.8, 4) is 5.75 Å². The lowest BCUT2D eigenvalue weighted by molar-refractivity contribution is -0.107. The number of morpholine rings is 1. The summed E-state index contributed by atoms with van der Waals surface area (Å²) in [7, 11) is 0. The van der Waals surface area contributed by atoms with Gasteiger partial charge in [0.05, 0.1) is 36.8 Å². The lowest BCUT2D eigenvalue weighted by Crippen LogP contribution is -2.37. The van der Waals surface area contributed by atoms with Crippen LogP contribution in [-0.4, -0.2) is 63.1 Å². The Bertz CT molecular complexity index is 981. The number of hydrogen-bond acceptors (Lipinski definition) is 8. The molecule has 9 nitrogen and oxygen atoms in total. The number of carbonyl (C=O) groups excluding carboxylic acids is 2. The SMILES string of the molecule is NC(=O)c1cc(N)c(NCc2ccc(F)cc2)c(OCCCN2CCOCC2)c1NCCCC=O. The van der Waals surface area contributed by atoms with Crippen molar-refractivity contribution >= 4 is 29.3 Å². The number of hydrogen-bond donors (Lipinski definition) is 4. The molecule has 0 bridgehead atoms. The highest BCUT2D eigenvalue weighted by Crippen LogP contribution is 2.41. The molecule has 1 saturated heterocycles. The summed E-state index contributed by atoms with van der Waals surface area (Å²) in [6.45, 7) is 5.30. The largest absolute Gasteiger partial charge is 0.489 e. The van der Waals surface area contributed by atoms with Gasteiger partial charge in [0, 0.05) is 39.1 Å². The van der Waals surface area contributed by atoms with Gasteiger partial charge in [-0.05, 0) is 36.6 Å². The van der Waals surface area contributed by atoms with Gasteiger partial charge in [0.15, 0.2) is 5.75 Å². The summed E-state index contributed by atoms with van der Waals surface area (Å²) in [5.74, 6) is -0.558. The fraction of sp³-hybridized carbons (Fsp3) is 0.440. The van der Waals surface area contributed by atoms with E-state index in [1.165, 1.54) is 18.2 Å². The van der Waals surface area contributed by atoms with Crippen molar-refractivity contribution < 1.29 is 23.5 Å². The van der Waals surface area contributed by atoms with Gasteiger partial charge < -0.3 is 36.4 Å². The standard InChI is InChI=1S/C25H34FN5O4/c26-19-6-4-18(5-7-19)17-30-23-21(27)16-20(25(28)33)22(29-8-1-2-12-32)24(23)35-13-3-9-31-10-14-34-15-11-31/h4-7,12,16,29-30H,1-3,8-11,13-15,17,27H2,(H2,28,33). The molecule has 0 aliphatic carbocycles. The maximum atomic E-state index is 13.3. The van der Waals surface area contributed by atoms with Gasteiger partial charge in [-0.15, -0.1) is 0 Å². The molecule has 1 aliphatic rings. The first-order valence-corrected chi connectivity index (χ1v) is 11.8. The highest BCUT2D eigenvalue weighted by molar-refractivity contribution is 6.04. The Kier molecular flexibility index (Phi) is 10.1. The Morgan fingerprint density at radius 1 is 1.14 bits per heavy atom. The van der Waals surface area contributed by atoms with Gasteiger partial charge in [-0.3, -0.25) is 9.69 Å². The number of rotatable bonds is 14. The number of nitrogens with zero attached hydrogens (tertiary/aromatic N) is 1. The second-order valence-electron chi connectivity index (χ2n) is 8.33. The van der Waals surface area contributed by atoms with Crippen molar-refractivity contribution in [2.75, 3.05) is 62.4 Å². The number of amides is 1. The molecule has 1 heterocycles. The van der Waals surface area contributed by atoms with Crippen molar-refractivity contribution in [3.63, 3.8) is 0 Å². The average molecular weight is 488 g/mol. The van der Waals surface area contributed by atoms with Gasteiger partial charge in [-0.2, -0.15) is 0 Å². The molecule has 190 valence electrons. The van der Waals surface area contributed by atoms with E-state index in [0.29, 0.717) is 55.3 Å². The number of nitrogens with one attached hydrogen (secondary N) is 2. The van der Waals surface area contributed by atoms with E-state index in [1.54, 1.807) is 12.1 Å². The van der Waals surface area contributed by atoms with Crippen LogP contribution in [0.4, 0.5) is 21.5 Å². The topological polar surface area (TPSA) is 132 Å². The molecule has 0 radical (unpaired) electrons. The third-order valence-corrected chi connectivity index (χ3v) is 5.73. The van der Waals surface area contributed by atoms with Gasteiger partial charge in [-0.25, -0.2) is 4.39 Å². The smallest absolute Gasteiger partial charge is 0.251 e. The van der Waals surface area contributed by atoms with E-state index in [-0.39, 0.29) is 11.4 Å². The van der Waals surface area contributed by atoms with Crippen LogP contribution in [0.15, 0.2) is 30.3 Å². The van der Waals surface area contributed by atoms with E-state index in [1.807, 2.05) is 0 Å². The van der Waals surface area contributed by atoms with Crippen LogP contribution in [0, 0.1) is 5.82 Å². The molecule has 0 saturated carbocycles. The van der Waals surface area contributed by atoms with Crippen molar-refractivity contribution in [3.05, 3.63) is 47.3 Å². The summed E-state index contributed by atoms with van der Waals surface area (Å²) in [5.41, 5.74) is 14.3. The number of unbranched alkanes of at least 4 members (excludes halogenated alkanes) is 1. The van der Waals surface area contributed by atoms with Crippen LogP contribution in [0.5, 0.6) is 5.75 Å². The minimum atomic E-state index is -0.641. The molecule has 1 amide bonds. The first-order chi connectivity index (χ1) is 17.0. The van der Waals surface area contributed by atoms with E-state index in [4.69, 9.17) is 20.9 Å². The zero-order chi connectivity index (χ0) is 25.0. The first-order valence-electron chi connectivity index (χ1n) is 11.8.